The molecule has 1 aromatic heterocycles. The van der Waals surface area contributed by atoms with Gasteiger partial charge in [0.1, 0.15) is 0 Å². The maximum absolute atomic E-state index is 3.81. The number of nitrogens with one attached hydrogen (secondary N) is 1. The Bertz CT molecular complexity index is 558. The van der Waals surface area contributed by atoms with Crippen molar-refractivity contribution in [1.29, 1.82) is 0 Å². The number of thioether (sulfide) groups is 1. The average molecular weight is 301 g/mol. The van der Waals surface area contributed by atoms with Gasteiger partial charge in [0, 0.05) is 21.2 Å². The molecular formula is C17H19NS2. The van der Waals surface area contributed by atoms with Crippen LogP contribution in [0.3, 0.4) is 0 Å². The number of hydrogen-bond acceptors (Lipinski definition) is 3. The first-order chi connectivity index (χ1) is 9.88. The molecule has 0 radical (unpaired) electrons. The highest BCUT2D eigenvalue weighted by Gasteiger charge is 2.33. The minimum absolute atomic E-state index is 0.473. The zero-order valence-electron chi connectivity index (χ0n) is 11.4. The molecule has 20 heavy (non-hydrogen) atoms. The van der Waals surface area contributed by atoms with Crippen LogP contribution < -0.4 is 5.32 Å². The van der Waals surface area contributed by atoms with Crippen molar-refractivity contribution in [2.45, 2.75) is 23.8 Å². The summed E-state index contributed by atoms with van der Waals surface area (Å²) in [7, 11) is 0. The molecule has 0 bridgehead atoms. The topological polar surface area (TPSA) is 12.0 Å². The van der Waals surface area contributed by atoms with E-state index in [9.17, 15) is 0 Å². The Morgan fingerprint density at radius 3 is 2.85 bits per heavy atom. The molecule has 2 aromatic rings. The van der Waals surface area contributed by atoms with Crippen LogP contribution in [0.4, 0.5) is 5.69 Å². The summed E-state index contributed by atoms with van der Waals surface area (Å²) in [5.74, 6) is 1.75. The molecule has 0 amide bonds. The highest BCUT2D eigenvalue weighted by Crippen LogP contribution is 2.45. The van der Waals surface area contributed by atoms with Crippen LogP contribution in [0.2, 0.25) is 0 Å². The number of thiophene rings is 1. The summed E-state index contributed by atoms with van der Waals surface area (Å²) in [6.07, 6.45) is 4.65. The van der Waals surface area contributed by atoms with Crippen LogP contribution >= 0.6 is 23.1 Å². The monoisotopic (exact) mass is 301 g/mol. The van der Waals surface area contributed by atoms with Crippen molar-refractivity contribution in [2.75, 3.05) is 11.1 Å². The standard InChI is InChI=1S/C17H19NS2/c1-2-11-19-15-7-4-3-6-14(15)18-17(13-9-10-13)16-8-5-12-20-16/h2-8,12-13,17-18H,1,9-11H2. The zero-order chi connectivity index (χ0) is 13.8. The maximum Gasteiger partial charge on any atom is 0.0635 e. The van der Waals surface area contributed by atoms with Crippen LogP contribution in [0.25, 0.3) is 0 Å². The van der Waals surface area contributed by atoms with Crippen molar-refractivity contribution in [3.63, 3.8) is 0 Å². The summed E-state index contributed by atoms with van der Waals surface area (Å²) in [6.45, 7) is 3.81. The van der Waals surface area contributed by atoms with Gasteiger partial charge in [-0.2, -0.15) is 0 Å². The van der Waals surface area contributed by atoms with Crippen molar-refractivity contribution in [1.82, 2.24) is 0 Å². The number of hydrogen-bond donors (Lipinski definition) is 1. The molecule has 3 heteroatoms. The van der Waals surface area contributed by atoms with Crippen LogP contribution in [-0.2, 0) is 0 Å². The van der Waals surface area contributed by atoms with Crippen LogP contribution in [-0.4, -0.2) is 5.75 Å². The van der Waals surface area contributed by atoms with E-state index in [-0.39, 0.29) is 0 Å². The molecule has 1 atom stereocenters. The SMILES string of the molecule is C=CCSc1ccccc1NC(c1cccs1)C1CC1. The van der Waals surface area contributed by atoms with Gasteiger partial charge in [0.05, 0.1) is 6.04 Å². The Balaban J connectivity index is 1.80. The van der Waals surface area contributed by atoms with E-state index in [1.165, 1.54) is 28.3 Å². The predicted molar refractivity (Wildman–Crippen MR) is 90.8 cm³/mol. The Hall–Kier alpha value is -1.19. The van der Waals surface area contributed by atoms with E-state index >= 15 is 0 Å². The van der Waals surface area contributed by atoms with Crippen molar-refractivity contribution in [3.05, 3.63) is 59.3 Å². The number of para-hydroxylation sites is 1. The Labute approximate surface area is 129 Å². The van der Waals surface area contributed by atoms with E-state index in [4.69, 9.17) is 0 Å². The van der Waals surface area contributed by atoms with Gasteiger partial charge in [0.25, 0.3) is 0 Å². The fraction of sp³-hybridized carbons (Fsp3) is 0.294. The lowest BCUT2D eigenvalue weighted by Gasteiger charge is -2.20. The van der Waals surface area contributed by atoms with Crippen LogP contribution in [0, 0.1) is 5.92 Å². The molecule has 0 spiro atoms. The first-order valence-electron chi connectivity index (χ1n) is 7.01. The molecule has 104 valence electrons. The molecule has 1 aromatic carbocycles. The number of anilines is 1. The van der Waals surface area contributed by atoms with Crippen LogP contribution in [0.5, 0.6) is 0 Å². The highest BCUT2D eigenvalue weighted by molar-refractivity contribution is 7.99. The summed E-state index contributed by atoms with van der Waals surface area (Å²) < 4.78 is 0. The third-order valence-electron chi connectivity index (χ3n) is 3.50. The third kappa shape index (κ3) is 3.28. The fourth-order valence-electron chi connectivity index (χ4n) is 2.35. The molecule has 0 aliphatic heterocycles. The largest absolute Gasteiger partial charge is 0.376 e. The van der Waals surface area contributed by atoms with Gasteiger partial charge in [0.2, 0.25) is 0 Å². The van der Waals surface area contributed by atoms with Gasteiger partial charge >= 0.3 is 0 Å². The summed E-state index contributed by atoms with van der Waals surface area (Å²) >= 11 is 3.70. The zero-order valence-corrected chi connectivity index (χ0v) is 13.1. The smallest absolute Gasteiger partial charge is 0.0635 e. The quantitative estimate of drug-likeness (QED) is 0.528. The first kappa shape index (κ1) is 13.8. The molecule has 1 aliphatic carbocycles. The van der Waals surface area contributed by atoms with E-state index < -0.39 is 0 Å². The van der Waals surface area contributed by atoms with E-state index in [1.807, 2.05) is 29.2 Å². The van der Waals surface area contributed by atoms with Gasteiger partial charge in [-0.1, -0.05) is 24.3 Å². The van der Waals surface area contributed by atoms with E-state index in [1.54, 1.807) is 0 Å². The Morgan fingerprint density at radius 2 is 2.15 bits per heavy atom. The predicted octanol–water partition coefficient (Wildman–Crippen LogP) is 5.59. The minimum Gasteiger partial charge on any atom is -0.376 e. The molecule has 3 rings (SSSR count). The molecule has 0 saturated heterocycles. The van der Waals surface area contributed by atoms with Gasteiger partial charge < -0.3 is 5.32 Å². The van der Waals surface area contributed by atoms with Gasteiger partial charge in [-0.05, 0) is 42.3 Å². The second kappa shape index (κ2) is 6.51. The van der Waals surface area contributed by atoms with E-state index in [0.29, 0.717) is 6.04 Å². The lowest BCUT2D eigenvalue weighted by molar-refractivity contribution is 0.689. The highest BCUT2D eigenvalue weighted by atomic mass is 32.2. The number of rotatable bonds is 7. The van der Waals surface area contributed by atoms with Crippen LogP contribution in [0.1, 0.15) is 23.8 Å². The van der Waals surface area contributed by atoms with Gasteiger partial charge in [0.15, 0.2) is 0 Å². The summed E-state index contributed by atoms with van der Waals surface area (Å²) in [5.41, 5.74) is 1.25. The van der Waals surface area contributed by atoms with Crippen molar-refractivity contribution in [2.24, 2.45) is 5.92 Å². The van der Waals surface area contributed by atoms with Gasteiger partial charge in [-0.3, -0.25) is 0 Å². The second-order valence-corrected chi connectivity index (χ2v) is 7.11. The molecule has 1 fully saturated rings. The molecule has 1 unspecified atom stereocenters. The second-order valence-electron chi connectivity index (χ2n) is 5.07. The lowest BCUT2D eigenvalue weighted by atomic mass is 10.1. The van der Waals surface area contributed by atoms with Crippen molar-refractivity contribution >= 4 is 28.8 Å². The molecular weight excluding hydrogens is 282 g/mol. The van der Waals surface area contributed by atoms with Gasteiger partial charge in [-0.15, -0.1) is 29.7 Å². The summed E-state index contributed by atoms with van der Waals surface area (Å²) in [6, 6.07) is 13.5. The average Bonchev–Trinajstić information content (AvgIpc) is 3.18. The van der Waals surface area contributed by atoms with E-state index in [0.717, 1.165) is 11.7 Å². The fourth-order valence-corrected chi connectivity index (χ4v) is 3.97. The summed E-state index contributed by atoms with van der Waals surface area (Å²) in [4.78, 5) is 2.77. The molecule has 1 N–H and O–H groups in total. The Morgan fingerprint density at radius 1 is 1.30 bits per heavy atom. The molecule has 1 heterocycles. The number of benzene rings is 1. The third-order valence-corrected chi connectivity index (χ3v) is 5.52. The molecule has 1 saturated carbocycles. The van der Waals surface area contributed by atoms with Gasteiger partial charge in [-0.25, -0.2) is 0 Å². The normalized spacial score (nSPS) is 15.8. The van der Waals surface area contributed by atoms with Crippen molar-refractivity contribution in [3.8, 4) is 0 Å². The maximum atomic E-state index is 3.81. The van der Waals surface area contributed by atoms with Crippen LogP contribution in [0.15, 0.2) is 59.3 Å². The van der Waals surface area contributed by atoms with E-state index in [2.05, 4.69) is 53.7 Å². The first-order valence-corrected chi connectivity index (χ1v) is 8.87. The summed E-state index contributed by atoms with van der Waals surface area (Å²) in [5, 5.41) is 5.95. The minimum atomic E-state index is 0.473. The molecule has 1 aliphatic rings. The molecule has 1 nitrogen and oxygen atoms in total. The lowest BCUT2D eigenvalue weighted by Crippen LogP contribution is -2.12. The Kier molecular flexibility index (Phi) is 4.48. The van der Waals surface area contributed by atoms with Crippen molar-refractivity contribution < 1.29 is 0 Å².